The molecular weight excluding hydrogens is 146 g/mol. The zero-order chi connectivity index (χ0) is 7.98. The van der Waals surface area contributed by atoms with Gasteiger partial charge in [0.15, 0.2) is 0 Å². The molecule has 0 saturated carbocycles. The first-order valence-corrected chi connectivity index (χ1v) is 4.92. The molecule has 0 bridgehead atoms. The van der Waals surface area contributed by atoms with Gasteiger partial charge in [0.1, 0.15) is 0 Å². The van der Waals surface area contributed by atoms with E-state index in [1.54, 1.807) is 11.8 Å². The number of nitrogens with two attached hydrogens (primary N) is 1. The number of ether oxygens (including phenoxy) is 1. The van der Waals surface area contributed by atoms with Gasteiger partial charge in [0.05, 0.1) is 12.7 Å². The minimum absolute atomic E-state index is 0.192. The molecule has 0 heterocycles. The summed E-state index contributed by atoms with van der Waals surface area (Å²) in [6.45, 7) is 4.72. The van der Waals surface area contributed by atoms with Gasteiger partial charge in [-0.05, 0) is 20.1 Å². The van der Waals surface area contributed by atoms with Crippen LogP contribution in [-0.2, 0) is 4.74 Å². The Labute approximate surface area is 67.5 Å². The summed E-state index contributed by atoms with van der Waals surface area (Å²) in [7, 11) is 0. The van der Waals surface area contributed by atoms with Gasteiger partial charge in [0.2, 0.25) is 0 Å². The van der Waals surface area contributed by atoms with Crippen molar-refractivity contribution < 1.29 is 4.74 Å². The summed E-state index contributed by atoms with van der Waals surface area (Å²) in [6, 6.07) is 0.192. The lowest BCUT2D eigenvalue weighted by molar-refractivity contribution is 0.0720. The first kappa shape index (κ1) is 10.3. The van der Waals surface area contributed by atoms with E-state index in [1.165, 1.54) is 0 Å². The van der Waals surface area contributed by atoms with Crippen LogP contribution >= 0.6 is 11.8 Å². The molecule has 2 nitrogen and oxygen atoms in total. The third kappa shape index (κ3) is 6.39. The second kappa shape index (κ2) is 6.01. The van der Waals surface area contributed by atoms with E-state index in [4.69, 9.17) is 10.5 Å². The number of hydrogen-bond acceptors (Lipinski definition) is 3. The quantitative estimate of drug-likeness (QED) is 0.659. The normalized spacial score (nSPS) is 14.1. The average molecular weight is 163 g/mol. The van der Waals surface area contributed by atoms with Gasteiger partial charge < -0.3 is 10.5 Å². The van der Waals surface area contributed by atoms with Crippen molar-refractivity contribution in [1.29, 1.82) is 0 Å². The molecule has 0 fully saturated rings. The average Bonchev–Trinajstić information content (AvgIpc) is 1.85. The van der Waals surface area contributed by atoms with Crippen LogP contribution in [0.15, 0.2) is 0 Å². The minimum Gasteiger partial charge on any atom is -0.377 e. The van der Waals surface area contributed by atoms with Gasteiger partial charge in [-0.2, -0.15) is 11.8 Å². The predicted octanol–water partition coefficient (Wildman–Crippen LogP) is 1.10. The third-order valence-electron chi connectivity index (χ3n) is 1.02. The molecule has 0 spiro atoms. The summed E-state index contributed by atoms with van der Waals surface area (Å²) in [5, 5.41) is 0. The van der Waals surface area contributed by atoms with Crippen LogP contribution in [0.4, 0.5) is 0 Å². The van der Waals surface area contributed by atoms with Crippen LogP contribution < -0.4 is 5.73 Å². The summed E-state index contributed by atoms with van der Waals surface area (Å²) in [6.07, 6.45) is 2.35. The highest BCUT2D eigenvalue weighted by atomic mass is 32.2. The molecule has 0 aliphatic heterocycles. The Bertz CT molecular complexity index is 78.0. The fourth-order valence-electron chi connectivity index (χ4n) is 0.578. The van der Waals surface area contributed by atoms with E-state index in [1.807, 2.05) is 13.8 Å². The van der Waals surface area contributed by atoms with Crippen molar-refractivity contribution in [3.05, 3.63) is 0 Å². The Morgan fingerprint density at radius 2 is 2.10 bits per heavy atom. The summed E-state index contributed by atoms with van der Waals surface area (Å²) in [5.74, 6) is 0.979. The topological polar surface area (TPSA) is 35.2 Å². The van der Waals surface area contributed by atoms with E-state index in [9.17, 15) is 0 Å². The highest BCUT2D eigenvalue weighted by Crippen LogP contribution is 1.96. The molecule has 10 heavy (non-hydrogen) atoms. The second-order valence-corrected chi connectivity index (χ2v) is 3.51. The highest BCUT2D eigenvalue weighted by molar-refractivity contribution is 7.98. The molecule has 1 atom stereocenters. The summed E-state index contributed by atoms with van der Waals surface area (Å²) in [5.41, 5.74) is 5.69. The molecule has 2 N–H and O–H groups in total. The molecule has 1 unspecified atom stereocenters. The van der Waals surface area contributed by atoms with Crippen molar-refractivity contribution >= 4 is 11.8 Å². The van der Waals surface area contributed by atoms with E-state index in [2.05, 4.69) is 6.26 Å². The largest absolute Gasteiger partial charge is 0.377 e. The van der Waals surface area contributed by atoms with Crippen LogP contribution in [0.25, 0.3) is 0 Å². The summed E-state index contributed by atoms with van der Waals surface area (Å²) < 4.78 is 5.32. The Hall–Kier alpha value is 0.270. The van der Waals surface area contributed by atoms with Crippen molar-refractivity contribution in [3.63, 3.8) is 0 Å². The molecule has 0 rings (SSSR count). The smallest absolute Gasteiger partial charge is 0.0629 e. The second-order valence-electron chi connectivity index (χ2n) is 2.60. The minimum atomic E-state index is 0.192. The Morgan fingerprint density at radius 1 is 1.50 bits per heavy atom. The Morgan fingerprint density at radius 3 is 2.50 bits per heavy atom. The first-order valence-electron chi connectivity index (χ1n) is 3.53. The highest BCUT2D eigenvalue weighted by Gasteiger charge is 2.01. The fourth-order valence-corrected chi connectivity index (χ4v) is 1.10. The van der Waals surface area contributed by atoms with Crippen LogP contribution in [0.1, 0.15) is 13.8 Å². The Kier molecular flexibility index (Phi) is 6.17. The van der Waals surface area contributed by atoms with Gasteiger partial charge in [-0.3, -0.25) is 0 Å². The van der Waals surface area contributed by atoms with Gasteiger partial charge in [-0.25, -0.2) is 0 Å². The van der Waals surface area contributed by atoms with Crippen molar-refractivity contribution in [2.45, 2.75) is 26.0 Å². The molecule has 0 aromatic carbocycles. The first-order chi connectivity index (χ1) is 4.66. The van der Waals surface area contributed by atoms with E-state index < -0.39 is 0 Å². The Balaban J connectivity index is 3.12. The lowest BCUT2D eigenvalue weighted by atomic mass is 10.4. The van der Waals surface area contributed by atoms with Crippen LogP contribution in [0, 0.1) is 0 Å². The molecule has 0 aromatic heterocycles. The molecule has 0 saturated heterocycles. The lowest BCUT2D eigenvalue weighted by Crippen LogP contribution is -2.29. The van der Waals surface area contributed by atoms with Crippen LogP contribution in [0.3, 0.4) is 0 Å². The molecule has 0 aliphatic carbocycles. The SMILES string of the molecule is CSCC(N)COC(C)C. The third-order valence-corrected chi connectivity index (χ3v) is 1.79. The van der Waals surface area contributed by atoms with Gasteiger partial charge >= 0.3 is 0 Å². The van der Waals surface area contributed by atoms with E-state index in [0.29, 0.717) is 12.7 Å². The maximum absolute atomic E-state index is 5.69. The monoisotopic (exact) mass is 163 g/mol. The maximum atomic E-state index is 5.69. The van der Waals surface area contributed by atoms with E-state index in [-0.39, 0.29) is 6.04 Å². The van der Waals surface area contributed by atoms with E-state index in [0.717, 1.165) is 5.75 Å². The zero-order valence-electron chi connectivity index (χ0n) is 6.96. The van der Waals surface area contributed by atoms with Crippen LogP contribution in [0.2, 0.25) is 0 Å². The van der Waals surface area contributed by atoms with Crippen molar-refractivity contribution in [3.8, 4) is 0 Å². The number of hydrogen-bond donors (Lipinski definition) is 1. The number of rotatable bonds is 5. The van der Waals surface area contributed by atoms with Crippen molar-refractivity contribution in [1.82, 2.24) is 0 Å². The molecule has 0 aromatic rings. The fraction of sp³-hybridized carbons (Fsp3) is 1.00. The van der Waals surface area contributed by atoms with E-state index >= 15 is 0 Å². The molecular formula is C7H17NOS. The van der Waals surface area contributed by atoms with Crippen molar-refractivity contribution in [2.24, 2.45) is 5.73 Å². The zero-order valence-corrected chi connectivity index (χ0v) is 7.78. The molecule has 3 heteroatoms. The van der Waals surface area contributed by atoms with Crippen LogP contribution in [-0.4, -0.2) is 30.8 Å². The molecule has 0 radical (unpaired) electrons. The molecule has 0 amide bonds. The molecule has 62 valence electrons. The van der Waals surface area contributed by atoms with Crippen LogP contribution in [0.5, 0.6) is 0 Å². The van der Waals surface area contributed by atoms with Crippen molar-refractivity contribution in [2.75, 3.05) is 18.6 Å². The number of thioether (sulfide) groups is 1. The van der Waals surface area contributed by atoms with Gasteiger partial charge in [-0.1, -0.05) is 0 Å². The predicted molar refractivity (Wildman–Crippen MR) is 47.4 cm³/mol. The maximum Gasteiger partial charge on any atom is 0.0629 e. The molecule has 0 aliphatic rings. The lowest BCUT2D eigenvalue weighted by Gasteiger charge is -2.12. The van der Waals surface area contributed by atoms with Gasteiger partial charge in [-0.15, -0.1) is 0 Å². The van der Waals surface area contributed by atoms with Gasteiger partial charge in [0.25, 0.3) is 0 Å². The summed E-state index contributed by atoms with van der Waals surface area (Å²) in [4.78, 5) is 0. The standard InChI is InChI=1S/C7H17NOS/c1-6(2)9-4-7(8)5-10-3/h6-7H,4-5,8H2,1-3H3. The van der Waals surface area contributed by atoms with Gasteiger partial charge in [0, 0.05) is 11.8 Å². The summed E-state index contributed by atoms with van der Waals surface area (Å²) >= 11 is 1.76.